The van der Waals surface area contributed by atoms with Crippen LogP contribution in [0.4, 0.5) is 0 Å². The third-order valence-electron chi connectivity index (χ3n) is 5.49. The molecular weight excluding hydrogens is 288 g/mol. The van der Waals surface area contributed by atoms with Gasteiger partial charge < -0.3 is 10.1 Å². The van der Waals surface area contributed by atoms with E-state index in [4.69, 9.17) is 4.74 Å². The van der Waals surface area contributed by atoms with E-state index in [0.29, 0.717) is 38.5 Å². The molecule has 0 aromatic carbocycles. The first kappa shape index (κ1) is 15.0. The molecular formula is C15H20N2O5. The molecule has 1 unspecified atom stereocenters. The first-order chi connectivity index (χ1) is 10.4. The van der Waals surface area contributed by atoms with Crippen LogP contribution in [0.3, 0.4) is 0 Å². The number of amides is 3. The average Bonchev–Trinajstić information content (AvgIpc) is 3.08. The van der Waals surface area contributed by atoms with Crippen molar-refractivity contribution in [3.05, 3.63) is 0 Å². The molecule has 1 aliphatic heterocycles. The highest BCUT2D eigenvalue weighted by molar-refractivity contribution is 6.02. The third-order valence-corrected chi connectivity index (χ3v) is 5.49. The number of carbonyl (C=O) groups is 4. The molecule has 0 spiro atoms. The molecule has 2 bridgehead atoms. The molecule has 1 heterocycles. The number of rotatable bonds is 3. The molecule has 0 radical (unpaired) electrons. The number of hydrogen-bond donors (Lipinski definition) is 2. The first-order valence-corrected chi connectivity index (χ1v) is 7.64. The van der Waals surface area contributed by atoms with E-state index in [1.807, 2.05) is 0 Å². The predicted molar refractivity (Wildman–Crippen MR) is 74.3 cm³/mol. The van der Waals surface area contributed by atoms with Gasteiger partial charge in [-0.3, -0.25) is 24.5 Å². The Morgan fingerprint density at radius 3 is 2.41 bits per heavy atom. The topological polar surface area (TPSA) is 102 Å². The summed E-state index contributed by atoms with van der Waals surface area (Å²) in [4.78, 5) is 47.5. The van der Waals surface area contributed by atoms with Crippen molar-refractivity contribution in [1.82, 2.24) is 10.6 Å². The van der Waals surface area contributed by atoms with E-state index < -0.39 is 22.8 Å². The van der Waals surface area contributed by atoms with Crippen molar-refractivity contribution in [3.8, 4) is 0 Å². The minimum absolute atomic E-state index is 0.176. The average molecular weight is 308 g/mol. The summed E-state index contributed by atoms with van der Waals surface area (Å²) in [6.45, 7) is 0. The zero-order chi connectivity index (χ0) is 16.0. The van der Waals surface area contributed by atoms with Crippen LogP contribution in [-0.4, -0.2) is 36.8 Å². The molecule has 3 amide bonds. The van der Waals surface area contributed by atoms with E-state index >= 15 is 0 Å². The lowest BCUT2D eigenvalue weighted by Gasteiger charge is -2.29. The van der Waals surface area contributed by atoms with E-state index in [9.17, 15) is 19.2 Å². The van der Waals surface area contributed by atoms with Crippen LogP contribution in [0.2, 0.25) is 0 Å². The van der Waals surface area contributed by atoms with Gasteiger partial charge in [0.15, 0.2) is 0 Å². The molecule has 1 saturated heterocycles. The Balaban J connectivity index is 1.68. The van der Waals surface area contributed by atoms with Gasteiger partial charge in [0.05, 0.1) is 17.9 Å². The number of fused-ring (bicyclic) bond motifs is 2. The second-order valence-corrected chi connectivity index (χ2v) is 6.71. The fourth-order valence-electron chi connectivity index (χ4n) is 4.15. The molecule has 3 fully saturated rings. The number of ether oxygens (including phenoxy) is 1. The van der Waals surface area contributed by atoms with Gasteiger partial charge in [0.1, 0.15) is 6.04 Å². The van der Waals surface area contributed by atoms with Gasteiger partial charge in [-0.05, 0) is 38.5 Å². The number of esters is 1. The maximum atomic E-state index is 12.6. The van der Waals surface area contributed by atoms with Crippen LogP contribution >= 0.6 is 0 Å². The summed E-state index contributed by atoms with van der Waals surface area (Å²) in [6.07, 6.45) is 3.64. The van der Waals surface area contributed by atoms with Crippen LogP contribution in [0, 0.1) is 10.8 Å². The number of piperidine rings is 1. The van der Waals surface area contributed by atoms with Crippen molar-refractivity contribution in [2.45, 2.75) is 51.0 Å². The quantitative estimate of drug-likeness (QED) is 0.566. The Morgan fingerprint density at radius 1 is 1.18 bits per heavy atom. The van der Waals surface area contributed by atoms with E-state index in [-0.39, 0.29) is 24.2 Å². The van der Waals surface area contributed by atoms with E-state index in [1.165, 1.54) is 7.11 Å². The van der Waals surface area contributed by atoms with Gasteiger partial charge >= 0.3 is 5.97 Å². The monoisotopic (exact) mass is 308 g/mol. The minimum atomic E-state index is -0.659. The normalized spacial score (nSPS) is 36.9. The number of imide groups is 1. The first-order valence-electron chi connectivity index (χ1n) is 7.64. The molecule has 7 nitrogen and oxygen atoms in total. The molecule has 7 heteroatoms. The lowest BCUT2D eigenvalue weighted by atomic mass is 9.81. The molecule has 3 aliphatic rings. The van der Waals surface area contributed by atoms with Crippen molar-refractivity contribution < 1.29 is 23.9 Å². The fourth-order valence-corrected chi connectivity index (χ4v) is 4.15. The van der Waals surface area contributed by atoms with Crippen LogP contribution in [0.5, 0.6) is 0 Å². The minimum Gasteiger partial charge on any atom is -0.469 e. The zero-order valence-corrected chi connectivity index (χ0v) is 12.6. The van der Waals surface area contributed by atoms with Crippen LogP contribution in [-0.2, 0) is 23.9 Å². The summed E-state index contributed by atoms with van der Waals surface area (Å²) in [5.41, 5.74) is -1.10. The maximum Gasteiger partial charge on any atom is 0.311 e. The van der Waals surface area contributed by atoms with Gasteiger partial charge in [-0.25, -0.2) is 0 Å². The lowest BCUT2D eigenvalue weighted by molar-refractivity contribution is -0.152. The molecule has 120 valence electrons. The summed E-state index contributed by atoms with van der Waals surface area (Å²) >= 11 is 0. The van der Waals surface area contributed by atoms with E-state index in [0.717, 1.165) is 0 Å². The molecule has 0 aromatic rings. The van der Waals surface area contributed by atoms with Gasteiger partial charge in [-0.1, -0.05) is 0 Å². The van der Waals surface area contributed by atoms with Gasteiger partial charge in [0.2, 0.25) is 17.7 Å². The van der Waals surface area contributed by atoms with Crippen LogP contribution in [0.15, 0.2) is 0 Å². The molecule has 0 aromatic heterocycles. The largest absolute Gasteiger partial charge is 0.469 e. The second kappa shape index (κ2) is 5.07. The van der Waals surface area contributed by atoms with Gasteiger partial charge in [-0.15, -0.1) is 0 Å². The number of nitrogens with one attached hydrogen (secondary N) is 2. The van der Waals surface area contributed by atoms with Crippen molar-refractivity contribution in [2.24, 2.45) is 10.8 Å². The molecule has 2 saturated carbocycles. The number of methoxy groups -OCH3 is 1. The molecule has 3 rings (SSSR count). The third kappa shape index (κ3) is 2.19. The Hall–Kier alpha value is -1.92. The highest BCUT2D eigenvalue weighted by Gasteiger charge is 2.62. The Kier molecular flexibility index (Phi) is 3.45. The number of carbonyl (C=O) groups excluding carboxylic acids is 4. The molecule has 1 atom stereocenters. The standard InChI is InChI=1S/C15H20N2O5/c1-22-13(21)15-6-4-14(8-15,5-7-15)12(20)16-9-2-3-10(18)17-11(9)19/h9H,2-8H2,1H3,(H,16,20)(H,17,18,19). The van der Waals surface area contributed by atoms with Crippen molar-refractivity contribution >= 4 is 23.7 Å². The van der Waals surface area contributed by atoms with Crippen molar-refractivity contribution in [3.63, 3.8) is 0 Å². The lowest BCUT2D eigenvalue weighted by Crippen LogP contribution is -2.54. The summed E-state index contributed by atoms with van der Waals surface area (Å²) in [7, 11) is 1.37. The van der Waals surface area contributed by atoms with Crippen molar-refractivity contribution in [2.75, 3.05) is 7.11 Å². The second-order valence-electron chi connectivity index (χ2n) is 6.71. The van der Waals surface area contributed by atoms with Crippen molar-refractivity contribution in [1.29, 1.82) is 0 Å². The fraction of sp³-hybridized carbons (Fsp3) is 0.733. The van der Waals surface area contributed by atoms with Gasteiger partial charge in [0, 0.05) is 6.42 Å². The van der Waals surface area contributed by atoms with Gasteiger partial charge in [-0.2, -0.15) is 0 Å². The summed E-state index contributed by atoms with van der Waals surface area (Å²) < 4.78 is 4.89. The van der Waals surface area contributed by atoms with E-state index in [1.54, 1.807) is 0 Å². The SMILES string of the molecule is COC(=O)C12CCC(C(=O)NC3CCC(=O)NC3=O)(CC1)C2. The summed E-state index contributed by atoms with van der Waals surface area (Å²) in [6, 6.07) is -0.659. The Morgan fingerprint density at radius 2 is 1.82 bits per heavy atom. The summed E-state index contributed by atoms with van der Waals surface area (Å²) in [5, 5.41) is 5.00. The number of hydrogen-bond acceptors (Lipinski definition) is 5. The Labute approximate surface area is 128 Å². The van der Waals surface area contributed by atoms with E-state index in [2.05, 4.69) is 10.6 Å². The Bertz CT molecular complexity index is 548. The highest BCUT2D eigenvalue weighted by atomic mass is 16.5. The summed E-state index contributed by atoms with van der Waals surface area (Å²) in [5.74, 6) is -1.16. The maximum absolute atomic E-state index is 12.6. The van der Waals surface area contributed by atoms with Gasteiger partial charge in [0.25, 0.3) is 0 Å². The molecule has 2 aliphatic carbocycles. The van der Waals surface area contributed by atoms with Crippen LogP contribution in [0.25, 0.3) is 0 Å². The highest BCUT2D eigenvalue weighted by Crippen LogP contribution is 2.62. The van der Waals surface area contributed by atoms with Crippen LogP contribution < -0.4 is 10.6 Å². The van der Waals surface area contributed by atoms with Crippen LogP contribution in [0.1, 0.15) is 44.9 Å². The zero-order valence-electron chi connectivity index (χ0n) is 12.6. The predicted octanol–water partition coefficient (Wildman–Crippen LogP) is 0.0313. The molecule has 2 N–H and O–H groups in total. The smallest absolute Gasteiger partial charge is 0.311 e. The molecule has 22 heavy (non-hydrogen) atoms.